The van der Waals surface area contributed by atoms with Gasteiger partial charge >= 0.3 is 0 Å². The van der Waals surface area contributed by atoms with Crippen molar-refractivity contribution in [1.82, 2.24) is 0 Å². The van der Waals surface area contributed by atoms with Crippen LogP contribution in [0.2, 0.25) is 0 Å². The van der Waals surface area contributed by atoms with Gasteiger partial charge in [-0.2, -0.15) is 0 Å². The molecule has 2 aliphatic rings. The summed E-state index contributed by atoms with van der Waals surface area (Å²) in [6.07, 6.45) is 27.7. The number of hydrogen-bond acceptors (Lipinski definition) is 0. The summed E-state index contributed by atoms with van der Waals surface area (Å²) >= 11 is 0. The fourth-order valence-corrected chi connectivity index (χ4v) is 4.25. The van der Waals surface area contributed by atoms with Crippen molar-refractivity contribution in [2.24, 2.45) is 11.8 Å². The van der Waals surface area contributed by atoms with Crippen molar-refractivity contribution in [1.29, 1.82) is 0 Å². The van der Waals surface area contributed by atoms with Crippen molar-refractivity contribution in [2.45, 2.75) is 97.3 Å². The van der Waals surface area contributed by atoms with Crippen LogP contribution in [-0.2, 0) is 0 Å². The predicted molar refractivity (Wildman–Crippen MR) is 104 cm³/mol. The van der Waals surface area contributed by atoms with Gasteiger partial charge in [0, 0.05) is 0 Å². The lowest BCUT2D eigenvalue weighted by atomic mass is 9.90. The molecule has 0 aliphatic heterocycles. The van der Waals surface area contributed by atoms with Gasteiger partial charge in [0.1, 0.15) is 0 Å². The van der Waals surface area contributed by atoms with Gasteiger partial charge in [-0.15, -0.1) is 0 Å². The lowest BCUT2D eigenvalue weighted by molar-refractivity contribution is 0.389. The molecule has 0 nitrogen and oxygen atoms in total. The van der Waals surface area contributed by atoms with E-state index in [0.29, 0.717) is 0 Å². The summed E-state index contributed by atoms with van der Waals surface area (Å²) in [6.45, 7) is 4.64. The molecule has 0 aromatic rings. The first-order valence-corrected chi connectivity index (χ1v) is 10.3. The van der Waals surface area contributed by atoms with Crippen LogP contribution in [0.3, 0.4) is 0 Å². The largest absolute Gasteiger partial charge is 0.0850 e. The van der Waals surface area contributed by atoms with Gasteiger partial charge < -0.3 is 0 Å². The summed E-state index contributed by atoms with van der Waals surface area (Å²) < 4.78 is 0. The molecule has 0 aromatic carbocycles. The van der Waals surface area contributed by atoms with Gasteiger partial charge in [-0.25, -0.2) is 0 Å². The van der Waals surface area contributed by atoms with Gasteiger partial charge in [0.15, 0.2) is 0 Å². The van der Waals surface area contributed by atoms with Crippen molar-refractivity contribution in [2.75, 3.05) is 0 Å². The Bertz CT molecular complexity index is 410. The van der Waals surface area contributed by atoms with E-state index in [4.69, 9.17) is 0 Å². The normalized spacial score (nSPS) is 27.6. The summed E-state index contributed by atoms with van der Waals surface area (Å²) in [5.74, 6) is 2.00. The third-order valence-corrected chi connectivity index (χ3v) is 5.96. The fourth-order valence-electron chi connectivity index (χ4n) is 4.25. The molecule has 0 saturated heterocycles. The first-order valence-electron chi connectivity index (χ1n) is 10.3. The Hall–Kier alpha value is -0.780. The molecular formula is C23H38. The lowest BCUT2D eigenvalue weighted by Gasteiger charge is -2.16. The molecule has 0 bridgehead atoms. The van der Waals surface area contributed by atoms with Crippen molar-refractivity contribution >= 4 is 0 Å². The van der Waals surface area contributed by atoms with E-state index in [-0.39, 0.29) is 0 Å². The third kappa shape index (κ3) is 7.55. The van der Waals surface area contributed by atoms with Crippen LogP contribution in [0.15, 0.2) is 35.5 Å². The van der Waals surface area contributed by atoms with E-state index in [1.807, 2.05) is 0 Å². The van der Waals surface area contributed by atoms with Crippen LogP contribution in [0.25, 0.3) is 0 Å². The Labute approximate surface area is 145 Å². The highest BCUT2D eigenvalue weighted by Crippen LogP contribution is 2.30. The van der Waals surface area contributed by atoms with Crippen LogP contribution < -0.4 is 0 Å². The number of rotatable bonds is 4. The molecule has 0 N–H and O–H groups in total. The molecule has 2 atom stereocenters. The Balaban J connectivity index is 1.79. The minimum Gasteiger partial charge on any atom is -0.0850 e. The van der Waals surface area contributed by atoms with Gasteiger partial charge in [0.05, 0.1) is 0 Å². The Morgan fingerprint density at radius 3 is 2.43 bits per heavy atom. The van der Waals surface area contributed by atoms with Gasteiger partial charge in [0.25, 0.3) is 0 Å². The van der Waals surface area contributed by atoms with E-state index in [1.54, 1.807) is 5.57 Å². The van der Waals surface area contributed by atoms with E-state index >= 15 is 0 Å². The maximum absolute atomic E-state index is 2.49. The summed E-state index contributed by atoms with van der Waals surface area (Å²) in [6, 6.07) is 0. The molecule has 0 spiro atoms. The monoisotopic (exact) mass is 314 g/mol. The van der Waals surface area contributed by atoms with Crippen LogP contribution in [0.4, 0.5) is 0 Å². The van der Waals surface area contributed by atoms with Crippen LogP contribution >= 0.6 is 0 Å². The van der Waals surface area contributed by atoms with Crippen molar-refractivity contribution in [3.05, 3.63) is 35.5 Å². The lowest BCUT2D eigenvalue weighted by Crippen LogP contribution is -2.01. The topological polar surface area (TPSA) is 0 Å². The van der Waals surface area contributed by atoms with Gasteiger partial charge in [0.2, 0.25) is 0 Å². The molecular weight excluding hydrogens is 276 g/mol. The molecule has 23 heavy (non-hydrogen) atoms. The molecule has 0 heterocycles. The van der Waals surface area contributed by atoms with E-state index in [1.165, 1.54) is 82.6 Å². The summed E-state index contributed by atoms with van der Waals surface area (Å²) in [5.41, 5.74) is 3.12. The Kier molecular flexibility index (Phi) is 8.79. The second-order valence-corrected chi connectivity index (χ2v) is 7.91. The molecule has 0 heteroatoms. The van der Waals surface area contributed by atoms with Crippen molar-refractivity contribution < 1.29 is 0 Å². The summed E-state index contributed by atoms with van der Waals surface area (Å²) in [7, 11) is 0. The minimum atomic E-state index is 0.979. The minimum absolute atomic E-state index is 0.979. The molecule has 0 aromatic heterocycles. The average molecular weight is 315 g/mol. The molecule has 0 radical (unpaired) electrons. The van der Waals surface area contributed by atoms with Crippen LogP contribution in [-0.4, -0.2) is 0 Å². The third-order valence-electron chi connectivity index (χ3n) is 5.96. The zero-order chi connectivity index (χ0) is 16.3. The highest BCUT2D eigenvalue weighted by atomic mass is 14.2. The van der Waals surface area contributed by atoms with E-state index in [9.17, 15) is 0 Å². The maximum atomic E-state index is 2.49. The maximum Gasteiger partial charge on any atom is -0.0138 e. The molecule has 2 rings (SSSR count). The smallest absolute Gasteiger partial charge is 0.0138 e. The number of hydrogen-bond donors (Lipinski definition) is 0. The Morgan fingerprint density at radius 2 is 1.61 bits per heavy atom. The molecule has 1 saturated carbocycles. The van der Waals surface area contributed by atoms with E-state index in [2.05, 4.69) is 38.2 Å². The summed E-state index contributed by atoms with van der Waals surface area (Å²) in [5, 5.41) is 0. The second-order valence-electron chi connectivity index (χ2n) is 7.91. The quantitative estimate of drug-likeness (QED) is 0.465. The number of allylic oxidation sites excluding steroid dienone is 6. The first kappa shape index (κ1) is 18.6. The standard InChI is InChI=1S/C23H38/c1-3-21-12-6-7-14-23(17-9-15-21)19-18-22-13-5-4-10-20(2)11-8-16-22/h8,10,13,16,21,23H,3-7,9,11-12,14-15,17-19H2,1-2H3. The highest BCUT2D eigenvalue weighted by molar-refractivity contribution is 5.22. The van der Waals surface area contributed by atoms with Crippen molar-refractivity contribution in [3.63, 3.8) is 0 Å². The molecule has 2 aliphatic carbocycles. The molecule has 1 fully saturated rings. The van der Waals surface area contributed by atoms with E-state index in [0.717, 1.165) is 18.3 Å². The summed E-state index contributed by atoms with van der Waals surface area (Å²) in [4.78, 5) is 0. The average Bonchev–Trinajstić information content (AvgIpc) is 2.73. The fraction of sp³-hybridized carbons (Fsp3) is 0.739. The molecule has 2 unspecified atom stereocenters. The Morgan fingerprint density at radius 1 is 0.913 bits per heavy atom. The molecule has 130 valence electrons. The highest BCUT2D eigenvalue weighted by Gasteiger charge is 2.14. The molecule has 0 amide bonds. The van der Waals surface area contributed by atoms with E-state index < -0.39 is 0 Å². The zero-order valence-corrected chi connectivity index (χ0v) is 15.7. The second kappa shape index (κ2) is 10.9. The zero-order valence-electron chi connectivity index (χ0n) is 15.7. The predicted octanol–water partition coefficient (Wildman–Crippen LogP) is 7.77. The van der Waals surface area contributed by atoms with Crippen molar-refractivity contribution in [3.8, 4) is 0 Å². The van der Waals surface area contributed by atoms with Gasteiger partial charge in [-0.05, 0) is 50.9 Å². The SMILES string of the molecule is CCC1CCCCC(CCC2=CCCC=C(C)CC=C2)CCC1. The van der Waals surface area contributed by atoms with Crippen LogP contribution in [0, 0.1) is 11.8 Å². The first-order chi connectivity index (χ1) is 11.3. The van der Waals surface area contributed by atoms with Crippen LogP contribution in [0.1, 0.15) is 97.3 Å². The van der Waals surface area contributed by atoms with Gasteiger partial charge in [-0.3, -0.25) is 0 Å². The van der Waals surface area contributed by atoms with Crippen LogP contribution in [0.5, 0.6) is 0 Å². The van der Waals surface area contributed by atoms with Gasteiger partial charge in [-0.1, -0.05) is 93.7 Å².